The van der Waals surface area contributed by atoms with E-state index in [0.29, 0.717) is 0 Å². The molecule has 3 N–H and O–H groups in total. The quantitative estimate of drug-likeness (QED) is 0.739. The van der Waals surface area contributed by atoms with Crippen molar-refractivity contribution >= 4 is 22.6 Å². The van der Waals surface area contributed by atoms with Gasteiger partial charge in [0.05, 0.1) is 0 Å². The van der Waals surface area contributed by atoms with Gasteiger partial charge in [-0.3, -0.25) is 9.59 Å². The fraction of sp³-hybridized carbons (Fsp3) is 0.100. The Morgan fingerprint density at radius 1 is 0.962 bits per heavy atom. The van der Waals surface area contributed by atoms with Gasteiger partial charge in [0.1, 0.15) is 6.04 Å². The predicted octanol–water partition coefficient (Wildman–Crippen LogP) is 2.94. The summed E-state index contributed by atoms with van der Waals surface area (Å²) in [7, 11) is 0. The van der Waals surface area contributed by atoms with Gasteiger partial charge in [-0.2, -0.15) is 0 Å². The lowest BCUT2D eigenvalue weighted by Crippen LogP contribution is -2.45. The Hall–Kier alpha value is -3.28. The van der Waals surface area contributed by atoms with Gasteiger partial charge in [-0.05, 0) is 34.5 Å². The molecule has 0 fully saturated rings. The number of rotatable bonds is 5. The topological polar surface area (TPSA) is 72.2 Å². The lowest BCUT2D eigenvalue weighted by atomic mass is 9.98. The van der Waals surface area contributed by atoms with Crippen LogP contribution in [0.15, 0.2) is 60.7 Å². The lowest BCUT2D eigenvalue weighted by Gasteiger charge is -2.17. The third kappa shape index (κ3) is 3.69. The number of hydrogen-bond donors (Lipinski definition) is 2. The van der Waals surface area contributed by atoms with Crippen molar-refractivity contribution in [1.29, 1.82) is 0 Å². The van der Waals surface area contributed by atoms with Crippen molar-refractivity contribution in [3.8, 4) is 0 Å². The molecular weight excluding hydrogens is 338 g/mol. The van der Waals surface area contributed by atoms with Crippen LogP contribution in [-0.2, 0) is 11.2 Å². The van der Waals surface area contributed by atoms with Gasteiger partial charge in [0.2, 0.25) is 5.91 Å². The summed E-state index contributed by atoms with van der Waals surface area (Å²) in [5, 5.41) is 4.44. The van der Waals surface area contributed by atoms with E-state index in [2.05, 4.69) is 5.32 Å². The summed E-state index contributed by atoms with van der Waals surface area (Å²) in [4.78, 5) is 24.1. The largest absolute Gasteiger partial charge is 0.368 e. The van der Waals surface area contributed by atoms with E-state index >= 15 is 0 Å². The van der Waals surface area contributed by atoms with Crippen LogP contribution in [0.3, 0.4) is 0 Å². The van der Waals surface area contributed by atoms with E-state index in [4.69, 9.17) is 5.73 Å². The first-order chi connectivity index (χ1) is 12.5. The van der Waals surface area contributed by atoms with Crippen molar-refractivity contribution in [2.75, 3.05) is 0 Å². The summed E-state index contributed by atoms with van der Waals surface area (Å²) in [5.41, 5.74) is 6.18. The fourth-order valence-corrected chi connectivity index (χ4v) is 2.79. The Balaban J connectivity index is 1.84. The van der Waals surface area contributed by atoms with Crippen LogP contribution in [0, 0.1) is 11.6 Å². The molecule has 3 aromatic rings. The minimum absolute atomic E-state index is 0.0898. The van der Waals surface area contributed by atoms with E-state index in [1.54, 1.807) is 0 Å². The molecule has 0 aliphatic carbocycles. The number of nitrogens with one attached hydrogen (secondary N) is 1. The maximum absolute atomic E-state index is 13.3. The Labute approximate surface area is 148 Å². The summed E-state index contributed by atoms with van der Waals surface area (Å²) in [6, 6.07) is 15.1. The zero-order valence-electron chi connectivity index (χ0n) is 13.7. The fourth-order valence-electron chi connectivity index (χ4n) is 2.79. The second-order valence-electron chi connectivity index (χ2n) is 5.90. The Morgan fingerprint density at radius 3 is 2.42 bits per heavy atom. The van der Waals surface area contributed by atoms with Crippen molar-refractivity contribution < 1.29 is 18.4 Å². The van der Waals surface area contributed by atoms with E-state index in [0.717, 1.165) is 34.5 Å². The van der Waals surface area contributed by atoms with Gasteiger partial charge in [-0.25, -0.2) is 8.78 Å². The molecule has 0 spiro atoms. The van der Waals surface area contributed by atoms with Gasteiger partial charge < -0.3 is 11.1 Å². The number of carbonyl (C=O) groups excluding carboxylic acids is 2. The second kappa shape index (κ2) is 7.31. The molecule has 1 atom stereocenters. The molecule has 26 heavy (non-hydrogen) atoms. The number of primary amides is 1. The molecule has 2 amide bonds. The first-order valence-corrected chi connectivity index (χ1v) is 7.97. The highest BCUT2D eigenvalue weighted by molar-refractivity contribution is 5.97. The van der Waals surface area contributed by atoms with E-state index < -0.39 is 29.5 Å². The van der Waals surface area contributed by atoms with Crippen LogP contribution in [0.25, 0.3) is 10.8 Å². The zero-order valence-corrected chi connectivity index (χ0v) is 13.7. The summed E-state index contributed by atoms with van der Waals surface area (Å²) < 4.78 is 26.3. The van der Waals surface area contributed by atoms with E-state index in [9.17, 15) is 18.4 Å². The molecule has 3 rings (SSSR count). The molecule has 6 heteroatoms. The summed E-state index contributed by atoms with van der Waals surface area (Å²) in [6.45, 7) is 0. The van der Waals surface area contributed by atoms with Gasteiger partial charge in [-0.1, -0.05) is 42.5 Å². The minimum Gasteiger partial charge on any atom is -0.368 e. The summed E-state index contributed by atoms with van der Waals surface area (Å²) in [5.74, 6) is -3.60. The molecule has 0 radical (unpaired) electrons. The number of amides is 2. The first-order valence-electron chi connectivity index (χ1n) is 7.97. The summed E-state index contributed by atoms with van der Waals surface area (Å²) in [6.07, 6.45) is 0.187. The molecule has 0 aromatic heterocycles. The van der Waals surface area contributed by atoms with Crippen molar-refractivity contribution in [2.45, 2.75) is 12.5 Å². The molecule has 0 saturated carbocycles. The minimum atomic E-state index is -1.14. The average Bonchev–Trinajstić information content (AvgIpc) is 2.63. The van der Waals surface area contributed by atoms with Crippen LogP contribution in [0.1, 0.15) is 15.9 Å². The molecule has 0 bridgehead atoms. The van der Waals surface area contributed by atoms with Crippen molar-refractivity contribution in [1.82, 2.24) is 5.32 Å². The Kier molecular flexibility index (Phi) is 4.93. The van der Waals surface area contributed by atoms with Crippen LogP contribution in [0.2, 0.25) is 0 Å². The number of halogens is 2. The first kappa shape index (κ1) is 17.5. The third-order valence-corrected chi connectivity index (χ3v) is 4.13. The monoisotopic (exact) mass is 354 g/mol. The highest BCUT2D eigenvalue weighted by Crippen LogP contribution is 2.20. The van der Waals surface area contributed by atoms with Crippen LogP contribution < -0.4 is 11.1 Å². The number of benzene rings is 3. The van der Waals surface area contributed by atoms with E-state index in [1.807, 2.05) is 42.5 Å². The predicted molar refractivity (Wildman–Crippen MR) is 94.5 cm³/mol. The highest BCUT2D eigenvalue weighted by Gasteiger charge is 2.21. The molecule has 3 aromatic carbocycles. The van der Waals surface area contributed by atoms with Crippen LogP contribution in [0.5, 0.6) is 0 Å². The third-order valence-electron chi connectivity index (χ3n) is 4.13. The van der Waals surface area contributed by atoms with Crippen LogP contribution >= 0.6 is 0 Å². The van der Waals surface area contributed by atoms with Gasteiger partial charge >= 0.3 is 0 Å². The molecule has 0 saturated heterocycles. The molecular formula is C20H16F2N2O2. The molecule has 0 aliphatic heterocycles. The smallest absolute Gasteiger partial charge is 0.252 e. The molecule has 0 aliphatic rings. The zero-order chi connectivity index (χ0) is 18.7. The maximum atomic E-state index is 13.3. The molecule has 4 nitrogen and oxygen atoms in total. The lowest BCUT2D eigenvalue weighted by molar-refractivity contribution is -0.119. The molecule has 132 valence electrons. The Bertz CT molecular complexity index is 983. The van der Waals surface area contributed by atoms with E-state index in [1.165, 1.54) is 0 Å². The van der Waals surface area contributed by atoms with Gasteiger partial charge in [0, 0.05) is 12.0 Å². The van der Waals surface area contributed by atoms with E-state index in [-0.39, 0.29) is 12.0 Å². The SMILES string of the molecule is NC(=O)[C@H](Cc1cccc2ccccc12)NC(=O)c1ccc(F)c(F)c1. The Morgan fingerprint density at radius 2 is 1.69 bits per heavy atom. The standard InChI is InChI=1S/C20H16F2N2O2/c21-16-9-8-14(10-17(16)22)20(26)24-18(19(23)25)11-13-6-3-5-12-4-1-2-7-15(12)13/h1-10,18H,11H2,(H2,23,25)(H,24,26)/t18-/m0/s1. The van der Waals surface area contributed by atoms with Crippen molar-refractivity contribution in [3.63, 3.8) is 0 Å². The number of carbonyl (C=O) groups is 2. The number of hydrogen-bond acceptors (Lipinski definition) is 2. The van der Waals surface area contributed by atoms with Crippen molar-refractivity contribution in [2.24, 2.45) is 5.73 Å². The van der Waals surface area contributed by atoms with Gasteiger partial charge in [0.15, 0.2) is 11.6 Å². The van der Waals surface area contributed by atoms with Crippen LogP contribution in [0.4, 0.5) is 8.78 Å². The van der Waals surface area contributed by atoms with Gasteiger partial charge in [-0.15, -0.1) is 0 Å². The molecule has 0 unspecified atom stereocenters. The van der Waals surface area contributed by atoms with Gasteiger partial charge in [0.25, 0.3) is 5.91 Å². The molecule has 0 heterocycles. The highest BCUT2D eigenvalue weighted by atomic mass is 19.2. The summed E-state index contributed by atoms with van der Waals surface area (Å²) >= 11 is 0. The second-order valence-corrected chi connectivity index (χ2v) is 5.90. The van der Waals surface area contributed by atoms with Crippen molar-refractivity contribution in [3.05, 3.63) is 83.4 Å². The number of nitrogens with two attached hydrogens (primary N) is 1. The average molecular weight is 354 g/mol. The number of fused-ring (bicyclic) bond motifs is 1. The van der Waals surface area contributed by atoms with Crippen LogP contribution in [-0.4, -0.2) is 17.9 Å². The normalized spacial score (nSPS) is 11.9. The maximum Gasteiger partial charge on any atom is 0.252 e.